The molecule has 0 aliphatic carbocycles. The minimum absolute atomic E-state index is 0.120. The van der Waals surface area contributed by atoms with Gasteiger partial charge in [0.25, 0.3) is 0 Å². The van der Waals surface area contributed by atoms with Crippen molar-refractivity contribution in [3.05, 3.63) is 41.7 Å². The first-order valence-electron chi connectivity index (χ1n) is 8.39. The van der Waals surface area contributed by atoms with Crippen LogP contribution in [0.3, 0.4) is 0 Å². The van der Waals surface area contributed by atoms with Crippen molar-refractivity contribution in [1.82, 2.24) is 19.7 Å². The number of nitrogen functional groups attached to an aromatic ring is 1. The number of benzene rings is 1. The molecule has 136 valence electrons. The van der Waals surface area contributed by atoms with Crippen LogP contribution in [0.4, 0.5) is 5.95 Å². The molecule has 2 atom stereocenters. The summed E-state index contributed by atoms with van der Waals surface area (Å²) in [5, 5.41) is 16.1. The Labute approximate surface area is 160 Å². The van der Waals surface area contributed by atoms with Gasteiger partial charge in [0.05, 0.1) is 22.3 Å². The fraction of sp³-hybridized carbons (Fsp3) is 0.263. The maximum atomic E-state index is 10.6. The second-order valence-corrected chi connectivity index (χ2v) is 7.55. The molecule has 0 spiro atoms. The van der Waals surface area contributed by atoms with Crippen LogP contribution in [0.1, 0.15) is 18.2 Å². The quantitative estimate of drug-likeness (QED) is 0.661. The predicted molar refractivity (Wildman–Crippen MR) is 108 cm³/mol. The molecule has 0 fully saturated rings. The highest BCUT2D eigenvalue weighted by molar-refractivity contribution is 8.00. The summed E-state index contributed by atoms with van der Waals surface area (Å²) in [5.41, 5.74) is 7.10. The fourth-order valence-electron chi connectivity index (χ4n) is 2.89. The third-order valence-corrected chi connectivity index (χ3v) is 5.56. The topological polar surface area (TPSA) is 102 Å². The first-order chi connectivity index (χ1) is 12.9. The Morgan fingerprint density at radius 2 is 2.22 bits per heavy atom. The van der Waals surface area contributed by atoms with Crippen LogP contribution in [0, 0.1) is 18.8 Å². The predicted octanol–water partition coefficient (Wildman–Crippen LogP) is 1.95. The van der Waals surface area contributed by atoms with Gasteiger partial charge in [0.2, 0.25) is 5.95 Å². The molecule has 1 aliphatic heterocycles. The summed E-state index contributed by atoms with van der Waals surface area (Å²) in [6.45, 7) is 3.65. The lowest BCUT2D eigenvalue weighted by Crippen LogP contribution is -2.35. The molecule has 2 aromatic heterocycles. The minimum Gasteiger partial charge on any atom is -0.376 e. The number of aromatic nitrogens is 4. The summed E-state index contributed by atoms with van der Waals surface area (Å²) in [7, 11) is 0. The Balaban J connectivity index is 1.75. The first-order valence-corrected chi connectivity index (χ1v) is 9.44. The van der Waals surface area contributed by atoms with Crippen molar-refractivity contribution >= 4 is 34.8 Å². The average Bonchev–Trinajstić information content (AvgIpc) is 3.29. The van der Waals surface area contributed by atoms with Gasteiger partial charge in [-0.25, -0.2) is 9.67 Å². The number of nitrogens with two attached hydrogens (primary N) is 1. The number of nitrogens with zero attached hydrogens (tertiary/aromatic N) is 5. The normalized spacial score (nSPS) is 18.3. The second kappa shape index (κ2) is 6.68. The Morgan fingerprint density at radius 1 is 1.37 bits per heavy atom. The number of fused-ring (bicyclic) bond motifs is 1. The van der Waals surface area contributed by atoms with Gasteiger partial charge in [-0.3, -0.25) is 4.99 Å². The molecule has 0 saturated heterocycles. The molecule has 0 saturated carbocycles. The lowest BCUT2D eigenvalue weighted by atomic mass is 10.0. The van der Waals surface area contributed by atoms with Gasteiger partial charge in [-0.15, -0.1) is 11.8 Å². The smallest absolute Gasteiger partial charge is 0.221 e. The van der Waals surface area contributed by atoms with E-state index in [-0.39, 0.29) is 11.2 Å². The van der Waals surface area contributed by atoms with Crippen LogP contribution in [-0.4, -0.2) is 47.8 Å². The maximum absolute atomic E-state index is 10.6. The Hall–Kier alpha value is -2.89. The van der Waals surface area contributed by atoms with Crippen molar-refractivity contribution in [2.45, 2.75) is 24.7 Å². The molecule has 3 aromatic rings. The summed E-state index contributed by atoms with van der Waals surface area (Å²) in [6.07, 6.45) is 3.36. The van der Waals surface area contributed by atoms with Gasteiger partial charge in [0.15, 0.2) is 5.82 Å². The number of rotatable bonds is 2. The zero-order valence-electron chi connectivity index (χ0n) is 14.9. The van der Waals surface area contributed by atoms with Crippen molar-refractivity contribution in [3.63, 3.8) is 0 Å². The van der Waals surface area contributed by atoms with E-state index < -0.39 is 5.60 Å². The third-order valence-electron chi connectivity index (χ3n) is 4.33. The van der Waals surface area contributed by atoms with Gasteiger partial charge >= 0.3 is 0 Å². The van der Waals surface area contributed by atoms with Crippen LogP contribution >= 0.6 is 11.8 Å². The van der Waals surface area contributed by atoms with Crippen LogP contribution in [-0.2, 0) is 0 Å². The van der Waals surface area contributed by atoms with Gasteiger partial charge in [-0.2, -0.15) is 10.1 Å². The van der Waals surface area contributed by atoms with Gasteiger partial charge in [-0.05, 0) is 32.0 Å². The molecule has 0 radical (unpaired) electrons. The van der Waals surface area contributed by atoms with E-state index in [0.29, 0.717) is 11.7 Å². The molecule has 2 unspecified atom stereocenters. The maximum Gasteiger partial charge on any atom is 0.221 e. The van der Waals surface area contributed by atoms with Crippen molar-refractivity contribution in [3.8, 4) is 17.7 Å². The molecule has 3 N–H and O–H groups in total. The second-order valence-electron chi connectivity index (χ2n) is 6.45. The standard InChI is InChI=1S/C19H18N6OS/c1-12-14-4-3-13(5-7-19(2,26)16-10-21-11-27-16)9-15(14)25(24-12)17-6-8-22-18(20)23-17/h3-4,6,8-10,16,26H,11H2,1-2H3,(H2,20,22,23). The number of aryl methyl sites for hydroxylation is 1. The molecule has 7 nitrogen and oxygen atoms in total. The highest BCUT2D eigenvalue weighted by Crippen LogP contribution is 2.26. The molecule has 27 heavy (non-hydrogen) atoms. The zero-order valence-corrected chi connectivity index (χ0v) is 15.7. The van der Waals surface area contributed by atoms with E-state index >= 15 is 0 Å². The van der Waals surface area contributed by atoms with Crippen molar-refractivity contribution in [1.29, 1.82) is 0 Å². The number of aliphatic hydroxyl groups is 1. The summed E-state index contributed by atoms with van der Waals surface area (Å²) in [5.74, 6) is 7.50. The number of anilines is 1. The van der Waals surface area contributed by atoms with E-state index in [9.17, 15) is 5.11 Å². The highest BCUT2D eigenvalue weighted by atomic mass is 32.2. The third kappa shape index (κ3) is 3.39. The molecular formula is C19H18N6OS. The van der Waals surface area contributed by atoms with E-state index in [2.05, 4.69) is 31.9 Å². The Kier molecular flexibility index (Phi) is 4.34. The number of hydrogen-bond acceptors (Lipinski definition) is 7. The van der Waals surface area contributed by atoms with Crippen LogP contribution in [0.25, 0.3) is 16.7 Å². The van der Waals surface area contributed by atoms with Crippen LogP contribution in [0.15, 0.2) is 35.5 Å². The van der Waals surface area contributed by atoms with Gasteiger partial charge in [0, 0.05) is 29.4 Å². The molecule has 1 aliphatic rings. The van der Waals surface area contributed by atoms with Crippen molar-refractivity contribution in [2.75, 3.05) is 11.6 Å². The highest BCUT2D eigenvalue weighted by Gasteiger charge is 2.31. The molecule has 1 aromatic carbocycles. The first kappa shape index (κ1) is 17.5. The molecule has 0 bridgehead atoms. The van der Waals surface area contributed by atoms with Gasteiger partial charge in [-0.1, -0.05) is 11.8 Å². The number of hydrogen-bond donors (Lipinski definition) is 2. The SMILES string of the molecule is Cc1nn(-c2ccnc(N)n2)c2cc(C#CC(C)(O)C3C=NCS3)ccc12. The number of aliphatic imine (C=N–C) groups is 1. The average molecular weight is 378 g/mol. The van der Waals surface area contributed by atoms with Crippen molar-refractivity contribution < 1.29 is 5.11 Å². The van der Waals surface area contributed by atoms with E-state index in [1.807, 2.05) is 25.1 Å². The van der Waals surface area contributed by atoms with Crippen LogP contribution in [0.5, 0.6) is 0 Å². The monoisotopic (exact) mass is 378 g/mol. The largest absolute Gasteiger partial charge is 0.376 e. The minimum atomic E-state index is -1.14. The lowest BCUT2D eigenvalue weighted by molar-refractivity contribution is 0.137. The van der Waals surface area contributed by atoms with E-state index in [1.165, 1.54) is 0 Å². The van der Waals surface area contributed by atoms with Gasteiger partial charge in [0.1, 0.15) is 5.60 Å². The summed E-state index contributed by atoms with van der Waals surface area (Å²) in [4.78, 5) is 12.3. The summed E-state index contributed by atoms with van der Waals surface area (Å²) < 4.78 is 1.73. The van der Waals surface area contributed by atoms with Crippen LogP contribution < -0.4 is 5.73 Å². The van der Waals surface area contributed by atoms with E-state index in [0.717, 1.165) is 22.2 Å². The molecule has 8 heteroatoms. The Morgan fingerprint density at radius 3 is 2.96 bits per heavy atom. The van der Waals surface area contributed by atoms with Crippen molar-refractivity contribution in [2.24, 2.45) is 4.99 Å². The van der Waals surface area contributed by atoms with E-state index in [1.54, 1.807) is 41.8 Å². The van der Waals surface area contributed by atoms with E-state index in [4.69, 9.17) is 5.73 Å². The number of thioether (sulfide) groups is 1. The fourth-order valence-corrected chi connectivity index (χ4v) is 3.78. The molecule has 3 heterocycles. The molecule has 0 amide bonds. The zero-order chi connectivity index (χ0) is 19.0. The summed E-state index contributed by atoms with van der Waals surface area (Å²) in [6, 6.07) is 7.59. The van der Waals surface area contributed by atoms with Crippen LogP contribution in [0.2, 0.25) is 0 Å². The molecule has 4 rings (SSSR count). The summed E-state index contributed by atoms with van der Waals surface area (Å²) >= 11 is 1.58. The Bertz CT molecular complexity index is 1110. The lowest BCUT2D eigenvalue weighted by Gasteiger charge is -2.20. The molecular weight excluding hydrogens is 360 g/mol. The van der Waals surface area contributed by atoms with Gasteiger partial charge < -0.3 is 10.8 Å².